The first-order valence-electron chi connectivity index (χ1n) is 6.68. The minimum Gasteiger partial charge on any atom is -0.354 e. The fourth-order valence-corrected chi connectivity index (χ4v) is 3.07. The summed E-state index contributed by atoms with van der Waals surface area (Å²) in [4.78, 5) is 3.48. The van der Waals surface area contributed by atoms with E-state index in [-0.39, 0.29) is 0 Å². The van der Waals surface area contributed by atoms with Crippen LogP contribution in [0.15, 0.2) is 60.7 Å². The predicted molar refractivity (Wildman–Crippen MR) is 91.3 cm³/mol. The van der Waals surface area contributed by atoms with Crippen LogP contribution in [0.25, 0.3) is 32.9 Å². The van der Waals surface area contributed by atoms with Gasteiger partial charge in [-0.15, -0.1) is 0 Å². The second kappa shape index (κ2) is 4.80. The Bertz CT molecular complexity index is 952. The third-order valence-corrected chi connectivity index (χ3v) is 4.24. The summed E-state index contributed by atoms with van der Waals surface area (Å²) in [6.45, 7) is 0. The van der Waals surface area contributed by atoms with Crippen molar-refractivity contribution >= 4 is 45.0 Å². The monoisotopic (exact) mass is 311 g/mol. The largest absolute Gasteiger partial charge is 0.354 e. The highest BCUT2D eigenvalue weighted by Crippen LogP contribution is 2.34. The lowest BCUT2D eigenvalue weighted by molar-refractivity contribution is 1.53. The quantitative estimate of drug-likeness (QED) is 0.425. The second-order valence-corrected chi connectivity index (χ2v) is 5.92. The average molecular weight is 312 g/mol. The molecule has 4 aromatic rings. The van der Waals surface area contributed by atoms with Crippen LogP contribution in [0.1, 0.15) is 0 Å². The highest BCUT2D eigenvalue weighted by atomic mass is 35.5. The molecule has 1 aromatic heterocycles. The molecule has 1 heterocycles. The van der Waals surface area contributed by atoms with E-state index in [9.17, 15) is 0 Å². The van der Waals surface area contributed by atoms with E-state index in [2.05, 4.69) is 29.2 Å². The van der Waals surface area contributed by atoms with Gasteiger partial charge in [-0.2, -0.15) is 0 Å². The Morgan fingerprint density at radius 1 is 0.714 bits per heavy atom. The zero-order chi connectivity index (χ0) is 14.4. The van der Waals surface area contributed by atoms with Crippen LogP contribution in [0.2, 0.25) is 10.0 Å². The van der Waals surface area contributed by atoms with Crippen LogP contribution in [0.5, 0.6) is 0 Å². The normalized spacial score (nSPS) is 11.3. The standard InChI is InChI=1S/C18H11Cl2N/c19-12-6-4-11(5-7-12)14-2-1-3-16-15-9-8-13(20)10-17(15)21-18(14)16/h1-10,21H. The fraction of sp³-hybridized carbons (Fsp3) is 0. The molecule has 102 valence electrons. The zero-order valence-electron chi connectivity index (χ0n) is 11.0. The van der Waals surface area contributed by atoms with E-state index in [1.54, 1.807) is 0 Å². The number of rotatable bonds is 1. The van der Waals surface area contributed by atoms with E-state index in [1.807, 2.05) is 36.4 Å². The molecule has 0 aliphatic carbocycles. The third kappa shape index (κ3) is 2.10. The molecular weight excluding hydrogens is 301 g/mol. The Morgan fingerprint density at radius 2 is 1.48 bits per heavy atom. The molecule has 0 saturated heterocycles. The van der Waals surface area contributed by atoms with Gasteiger partial charge in [0.25, 0.3) is 0 Å². The van der Waals surface area contributed by atoms with Crippen LogP contribution in [0.4, 0.5) is 0 Å². The maximum Gasteiger partial charge on any atom is 0.0544 e. The molecule has 0 fully saturated rings. The van der Waals surface area contributed by atoms with Crippen molar-refractivity contribution in [3.63, 3.8) is 0 Å². The van der Waals surface area contributed by atoms with E-state index >= 15 is 0 Å². The van der Waals surface area contributed by atoms with Gasteiger partial charge in [-0.05, 0) is 29.8 Å². The molecule has 0 atom stereocenters. The minimum absolute atomic E-state index is 0.738. The van der Waals surface area contributed by atoms with Crippen molar-refractivity contribution in [2.24, 2.45) is 0 Å². The highest BCUT2D eigenvalue weighted by molar-refractivity contribution is 6.31. The lowest BCUT2D eigenvalue weighted by Gasteiger charge is -2.03. The Kier molecular flexibility index (Phi) is 2.91. The summed E-state index contributed by atoms with van der Waals surface area (Å²) in [6.07, 6.45) is 0. The molecule has 0 bridgehead atoms. The summed E-state index contributed by atoms with van der Waals surface area (Å²) in [5, 5.41) is 3.87. The average Bonchev–Trinajstić information content (AvgIpc) is 2.85. The van der Waals surface area contributed by atoms with Crippen molar-refractivity contribution < 1.29 is 0 Å². The van der Waals surface area contributed by atoms with Gasteiger partial charge in [0.1, 0.15) is 0 Å². The van der Waals surface area contributed by atoms with Gasteiger partial charge in [0, 0.05) is 31.9 Å². The maximum atomic E-state index is 6.09. The van der Waals surface area contributed by atoms with Gasteiger partial charge in [-0.1, -0.05) is 59.6 Å². The molecule has 3 aromatic carbocycles. The van der Waals surface area contributed by atoms with Crippen LogP contribution in [0, 0.1) is 0 Å². The number of fused-ring (bicyclic) bond motifs is 3. The molecule has 0 aliphatic rings. The number of benzene rings is 3. The van der Waals surface area contributed by atoms with Crippen molar-refractivity contribution in [1.82, 2.24) is 4.98 Å². The molecule has 0 aliphatic heterocycles. The van der Waals surface area contributed by atoms with Crippen molar-refractivity contribution in [1.29, 1.82) is 0 Å². The summed E-state index contributed by atoms with van der Waals surface area (Å²) < 4.78 is 0. The van der Waals surface area contributed by atoms with Gasteiger partial charge in [0.15, 0.2) is 0 Å². The molecule has 21 heavy (non-hydrogen) atoms. The first-order chi connectivity index (χ1) is 10.2. The molecule has 0 saturated carbocycles. The Labute approximate surface area is 132 Å². The number of hydrogen-bond donors (Lipinski definition) is 1. The van der Waals surface area contributed by atoms with Crippen molar-refractivity contribution in [2.45, 2.75) is 0 Å². The van der Waals surface area contributed by atoms with Gasteiger partial charge in [0.2, 0.25) is 0 Å². The number of halogens is 2. The van der Waals surface area contributed by atoms with Gasteiger partial charge in [-0.3, -0.25) is 0 Å². The SMILES string of the molecule is Clc1ccc(-c2cccc3c2[nH]c2cc(Cl)ccc23)cc1. The lowest BCUT2D eigenvalue weighted by atomic mass is 10.0. The van der Waals surface area contributed by atoms with Gasteiger partial charge < -0.3 is 4.98 Å². The van der Waals surface area contributed by atoms with E-state index in [4.69, 9.17) is 23.2 Å². The van der Waals surface area contributed by atoms with Crippen LogP contribution >= 0.6 is 23.2 Å². The number of aromatic nitrogens is 1. The van der Waals surface area contributed by atoms with E-state index < -0.39 is 0 Å². The Balaban J connectivity index is 2.06. The topological polar surface area (TPSA) is 15.8 Å². The van der Waals surface area contributed by atoms with Crippen molar-refractivity contribution in [3.8, 4) is 11.1 Å². The van der Waals surface area contributed by atoms with E-state index in [1.165, 1.54) is 10.8 Å². The van der Waals surface area contributed by atoms with Gasteiger partial charge in [-0.25, -0.2) is 0 Å². The summed E-state index contributed by atoms with van der Waals surface area (Å²) in [7, 11) is 0. The van der Waals surface area contributed by atoms with E-state index in [0.29, 0.717) is 0 Å². The number of H-pyrrole nitrogens is 1. The highest BCUT2D eigenvalue weighted by Gasteiger charge is 2.09. The first-order valence-corrected chi connectivity index (χ1v) is 7.44. The molecule has 0 radical (unpaired) electrons. The minimum atomic E-state index is 0.738. The van der Waals surface area contributed by atoms with Crippen molar-refractivity contribution in [3.05, 3.63) is 70.7 Å². The van der Waals surface area contributed by atoms with Gasteiger partial charge in [0.05, 0.1) is 5.52 Å². The zero-order valence-corrected chi connectivity index (χ0v) is 12.5. The summed E-state index contributed by atoms with van der Waals surface area (Å²) in [6, 6.07) is 20.2. The van der Waals surface area contributed by atoms with Crippen LogP contribution in [0.3, 0.4) is 0 Å². The number of aromatic amines is 1. The first kappa shape index (κ1) is 12.8. The van der Waals surface area contributed by atoms with Gasteiger partial charge >= 0.3 is 0 Å². The Morgan fingerprint density at radius 3 is 2.29 bits per heavy atom. The molecule has 0 spiro atoms. The number of nitrogens with one attached hydrogen (secondary N) is 1. The van der Waals surface area contributed by atoms with Crippen LogP contribution in [-0.4, -0.2) is 4.98 Å². The second-order valence-electron chi connectivity index (χ2n) is 5.05. The number of para-hydroxylation sites is 1. The number of hydrogen-bond acceptors (Lipinski definition) is 0. The fourth-order valence-electron chi connectivity index (χ4n) is 2.77. The predicted octanol–water partition coefficient (Wildman–Crippen LogP) is 6.29. The summed E-state index contributed by atoms with van der Waals surface area (Å²) in [5.41, 5.74) is 4.48. The molecule has 1 nitrogen and oxygen atoms in total. The molecule has 0 amide bonds. The van der Waals surface area contributed by atoms with Crippen LogP contribution < -0.4 is 0 Å². The Hall–Kier alpha value is -1.96. The third-order valence-electron chi connectivity index (χ3n) is 3.75. The smallest absolute Gasteiger partial charge is 0.0544 e. The summed E-state index contributed by atoms with van der Waals surface area (Å²) >= 11 is 12.1. The molecule has 4 rings (SSSR count). The summed E-state index contributed by atoms with van der Waals surface area (Å²) in [5.74, 6) is 0. The molecule has 1 N–H and O–H groups in total. The van der Waals surface area contributed by atoms with E-state index in [0.717, 1.165) is 32.2 Å². The lowest BCUT2D eigenvalue weighted by Crippen LogP contribution is -1.79. The molecular formula is C18H11Cl2N. The maximum absolute atomic E-state index is 6.09. The molecule has 0 unspecified atom stereocenters. The van der Waals surface area contributed by atoms with Crippen molar-refractivity contribution in [2.75, 3.05) is 0 Å². The van der Waals surface area contributed by atoms with Crippen LogP contribution in [-0.2, 0) is 0 Å². The molecule has 3 heteroatoms.